The molecule has 2 rings (SSSR count). The molecule has 6 nitrogen and oxygen atoms in total. The van der Waals surface area contributed by atoms with Crippen LogP contribution in [0.2, 0.25) is 0 Å². The van der Waals surface area contributed by atoms with Crippen LogP contribution >= 0.6 is 0 Å². The first-order chi connectivity index (χ1) is 8.45. The van der Waals surface area contributed by atoms with Crippen LogP contribution in [0, 0.1) is 18.3 Å². The third kappa shape index (κ3) is 1.94. The molecule has 2 aromatic rings. The number of benzene rings is 1. The second kappa shape index (κ2) is 4.16. The fourth-order valence-electron chi connectivity index (χ4n) is 1.42. The minimum absolute atomic E-state index is 0.00403. The van der Waals surface area contributed by atoms with Crippen molar-refractivity contribution in [2.24, 2.45) is 0 Å². The number of nitrogens with zero attached hydrogens (tertiary/aromatic N) is 2. The minimum atomic E-state index is -3.88. The maximum Gasteiger partial charge on any atom is 0.261 e. The first kappa shape index (κ1) is 12.1. The predicted molar refractivity (Wildman–Crippen MR) is 62.3 cm³/mol. The van der Waals surface area contributed by atoms with Crippen LogP contribution in [0.1, 0.15) is 11.6 Å². The topological polar surface area (TPSA) is 110 Å². The fraction of sp³-hybridized carbons (Fsp3) is 0.0909. The number of oxazole rings is 1. The summed E-state index contributed by atoms with van der Waals surface area (Å²) in [5.74, 6) is 0.126. The average Bonchev–Trinajstić information content (AvgIpc) is 2.72. The summed E-state index contributed by atoms with van der Waals surface area (Å²) in [6.45, 7) is 1.48. The Hall–Kier alpha value is -2.33. The van der Waals surface area contributed by atoms with Crippen LogP contribution in [-0.2, 0) is 9.84 Å². The van der Waals surface area contributed by atoms with Gasteiger partial charge >= 0.3 is 0 Å². The van der Waals surface area contributed by atoms with Gasteiger partial charge in [-0.2, -0.15) is 5.26 Å². The van der Waals surface area contributed by atoms with Crippen LogP contribution in [0.3, 0.4) is 0 Å². The summed E-state index contributed by atoms with van der Waals surface area (Å²) in [7, 11) is -3.88. The molecule has 1 aromatic carbocycles. The molecule has 92 valence electrons. The number of nitrogens with two attached hydrogens (primary N) is 1. The number of nitrogen functional groups attached to an aromatic ring is 1. The van der Waals surface area contributed by atoms with Gasteiger partial charge in [0.05, 0.1) is 4.90 Å². The molecule has 2 N–H and O–H groups in total. The van der Waals surface area contributed by atoms with E-state index in [-0.39, 0.29) is 16.5 Å². The Kier molecular flexibility index (Phi) is 2.80. The Bertz CT molecular complexity index is 724. The molecule has 18 heavy (non-hydrogen) atoms. The Morgan fingerprint density at radius 1 is 1.33 bits per heavy atom. The highest BCUT2D eigenvalue weighted by atomic mass is 32.2. The van der Waals surface area contributed by atoms with Gasteiger partial charge in [0.25, 0.3) is 5.09 Å². The standard InChI is InChI=1S/C11H9N3O3S/c1-7-14-10(6-12)11(17-7)18(15,16)9-4-2-8(13)3-5-9/h2-5H,13H2,1H3. The molecule has 0 fully saturated rings. The minimum Gasteiger partial charge on any atom is -0.428 e. The predicted octanol–water partition coefficient (Wildman–Crippen LogP) is 1.27. The van der Waals surface area contributed by atoms with E-state index in [0.29, 0.717) is 5.69 Å². The van der Waals surface area contributed by atoms with Gasteiger partial charge in [0.1, 0.15) is 6.07 Å². The van der Waals surface area contributed by atoms with Crippen molar-refractivity contribution in [2.45, 2.75) is 16.9 Å². The van der Waals surface area contributed by atoms with Crippen molar-refractivity contribution in [1.82, 2.24) is 4.98 Å². The fourth-order valence-corrected chi connectivity index (χ4v) is 2.70. The van der Waals surface area contributed by atoms with Crippen molar-refractivity contribution >= 4 is 15.5 Å². The van der Waals surface area contributed by atoms with Crippen molar-refractivity contribution in [3.8, 4) is 6.07 Å². The van der Waals surface area contributed by atoms with Gasteiger partial charge in [-0.25, -0.2) is 13.4 Å². The van der Waals surface area contributed by atoms with E-state index in [9.17, 15) is 8.42 Å². The van der Waals surface area contributed by atoms with Gasteiger partial charge in [0, 0.05) is 12.6 Å². The largest absolute Gasteiger partial charge is 0.428 e. The van der Waals surface area contributed by atoms with Gasteiger partial charge in [-0.05, 0) is 24.3 Å². The van der Waals surface area contributed by atoms with E-state index in [4.69, 9.17) is 15.4 Å². The van der Waals surface area contributed by atoms with E-state index in [1.54, 1.807) is 6.07 Å². The highest BCUT2D eigenvalue weighted by Crippen LogP contribution is 2.25. The highest BCUT2D eigenvalue weighted by Gasteiger charge is 2.27. The third-order valence-electron chi connectivity index (χ3n) is 2.24. The molecule has 0 aliphatic rings. The van der Waals surface area contributed by atoms with Crippen molar-refractivity contribution in [3.63, 3.8) is 0 Å². The summed E-state index contributed by atoms with van der Waals surface area (Å²) in [5, 5.41) is 8.39. The quantitative estimate of drug-likeness (QED) is 0.817. The van der Waals surface area contributed by atoms with Crippen molar-refractivity contribution in [3.05, 3.63) is 35.9 Å². The number of hydrogen-bond acceptors (Lipinski definition) is 6. The van der Waals surface area contributed by atoms with Gasteiger partial charge in [0.2, 0.25) is 9.84 Å². The third-order valence-corrected chi connectivity index (χ3v) is 3.90. The Labute approximate surface area is 104 Å². The van der Waals surface area contributed by atoms with Crippen LogP contribution in [0.25, 0.3) is 0 Å². The molecular weight excluding hydrogens is 254 g/mol. The summed E-state index contributed by atoms with van der Waals surface area (Å²) in [6, 6.07) is 7.32. The number of nitriles is 1. The number of anilines is 1. The molecule has 0 atom stereocenters. The van der Waals surface area contributed by atoms with Gasteiger partial charge in [0.15, 0.2) is 11.6 Å². The lowest BCUT2D eigenvalue weighted by atomic mass is 10.3. The maximum absolute atomic E-state index is 12.2. The van der Waals surface area contributed by atoms with E-state index in [2.05, 4.69) is 4.98 Å². The molecule has 0 saturated carbocycles. The molecule has 7 heteroatoms. The number of rotatable bonds is 2. The van der Waals surface area contributed by atoms with E-state index >= 15 is 0 Å². The summed E-state index contributed by atoms with van der Waals surface area (Å²) in [4.78, 5) is 3.71. The van der Waals surface area contributed by atoms with E-state index in [1.807, 2.05) is 0 Å². The van der Waals surface area contributed by atoms with Crippen LogP contribution in [-0.4, -0.2) is 13.4 Å². The van der Waals surface area contributed by atoms with Gasteiger partial charge < -0.3 is 10.2 Å². The van der Waals surface area contributed by atoms with Crippen LogP contribution < -0.4 is 5.73 Å². The monoisotopic (exact) mass is 263 g/mol. The first-order valence-electron chi connectivity index (χ1n) is 4.93. The SMILES string of the molecule is Cc1nc(C#N)c(S(=O)(=O)c2ccc(N)cc2)o1. The lowest BCUT2D eigenvalue weighted by molar-refractivity contribution is 0.422. The Morgan fingerprint density at radius 2 is 1.94 bits per heavy atom. The van der Waals surface area contributed by atoms with Crippen molar-refractivity contribution < 1.29 is 12.8 Å². The molecule has 0 spiro atoms. The normalized spacial score (nSPS) is 11.1. The molecule has 1 aromatic heterocycles. The van der Waals surface area contributed by atoms with Gasteiger partial charge in [-0.1, -0.05) is 0 Å². The Balaban J connectivity index is 2.62. The molecule has 0 unspecified atom stereocenters. The van der Waals surface area contributed by atoms with E-state index in [0.717, 1.165) is 0 Å². The summed E-state index contributed by atoms with van der Waals surface area (Å²) >= 11 is 0. The number of sulfone groups is 1. The summed E-state index contributed by atoms with van der Waals surface area (Å²) in [6.07, 6.45) is 0. The molecule has 0 radical (unpaired) electrons. The van der Waals surface area contributed by atoms with Crippen molar-refractivity contribution in [2.75, 3.05) is 5.73 Å². The zero-order chi connectivity index (χ0) is 13.3. The number of hydrogen-bond donors (Lipinski definition) is 1. The van der Waals surface area contributed by atoms with Gasteiger partial charge in [-0.15, -0.1) is 0 Å². The lowest BCUT2D eigenvalue weighted by Gasteiger charge is -2.01. The summed E-state index contributed by atoms with van der Waals surface area (Å²) < 4.78 is 29.4. The van der Waals surface area contributed by atoms with E-state index in [1.165, 1.54) is 31.2 Å². The number of aryl methyl sites for hydroxylation is 1. The molecule has 0 aliphatic carbocycles. The second-order valence-electron chi connectivity index (χ2n) is 3.55. The molecule has 0 bridgehead atoms. The van der Waals surface area contributed by atoms with Gasteiger partial charge in [-0.3, -0.25) is 0 Å². The molecule has 0 aliphatic heterocycles. The Morgan fingerprint density at radius 3 is 2.50 bits per heavy atom. The lowest BCUT2D eigenvalue weighted by Crippen LogP contribution is -2.03. The highest BCUT2D eigenvalue weighted by molar-refractivity contribution is 7.91. The van der Waals surface area contributed by atoms with E-state index < -0.39 is 14.9 Å². The average molecular weight is 263 g/mol. The zero-order valence-corrected chi connectivity index (χ0v) is 10.2. The summed E-state index contributed by atoms with van der Waals surface area (Å²) in [5.41, 5.74) is 5.69. The zero-order valence-electron chi connectivity index (χ0n) is 9.41. The molecule has 1 heterocycles. The smallest absolute Gasteiger partial charge is 0.261 e. The van der Waals surface area contributed by atoms with Crippen LogP contribution in [0.15, 0.2) is 38.7 Å². The first-order valence-corrected chi connectivity index (χ1v) is 6.41. The molecular formula is C11H9N3O3S. The maximum atomic E-state index is 12.2. The second-order valence-corrected chi connectivity index (χ2v) is 5.40. The van der Waals surface area contributed by atoms with Crippen LogP contribution in [0.4, 0.5) is 5.69 Å². The molecule has 0 saturated heterocycles. The molecule has 0 amide bonds. The van der Waals surface area contributed by atoms with Crippen molar-refractivity contribution in [1.29, 1.82) is 5.26 Å². The van der Waals surface area contributed by atoms with Crippen LogP contribution in [0.5, 0.6) is 0 Å². The number of aromatic nitrogens is 1.